The molecule has 7 aromatic carbocycles. The van der Waals surface area contributed by atoms with Crippen molar-refractivity contribution in [3.05, 3.63) is 182 Å². The Balaban J connectivity index is 1.23. The third kappa shape index (κ3) is 5.13. The van der Waals surface area contributed by atoms with Gasteiger partial charge in [0, 0.05) is 11.1 Å². The van der Waals surface area contributed by atoms with Gasteiger partial charge in [-0.25, -0.2) is 14.5 Å². The molecular formula is C46H30N6. The van der Waals surface area contributed by atoms with E-state index in [-0.39, 0.29) is 0 Å². The highest BCUT2D eigenvalue weighted by molar-refractivity contribution is 5.94. The Hall–Kier alpha value is -7.18. The molecule has 0 bridgehead atoms. The maximum absolute atomic E-state index is 5.17. The molecule has 0 spiro atoms. The van der Waals surface area contributed by atoms with Crippen LogP contribution in [0.2, 0.25) is 0 Å². The number of nitrogens with zero attached hydrogens (tertiary/aromatic N) is 6. The molecule has 3 heterocycles. The second-order valence-corrected chi connectivity index (χ2v) is 12.8. The lowest BCUT2D eigenvalue weighted by Crippen LogP contribution is -2.07. The average molecular weight is 667 g/mol. The molecule has 0 fully saturated rings. The van der Waals surface area contributed by atoms with Gasteiger partial charge in [0.1, 0.15) is 0 Å². The minimum Gasteiger partial charge on any atom is -0.276 e. The lowest BCUT2D eigenvalue weighted by atomic mass is 9.93. The summed E-state index contributed by atoms with van der Waals surface area (Å²) in [7, 11) is 0. The minimum atomic E-state index is 0.508. The molecule has 3 aromatic heterocycles. The van der Waals surface area contributed by atoms with Crippen LogP contribution in [0.15, 0.2) is 182 Å². The van der Waals surface area contributed by atoms with Crippen molar-refractivity contribution in [1.82, 2.24) is 28.9 Å². The molecule has 0 aliphatic carbocycles. The highest BCUT2D eigenvalue weighted by atomic mass is 15.3. The van der Waals surface area contributed by atoms with Crippen molar-refractivity contribution in [2.75, 3.05) is 0 Å². The van der Waals surface area contributed by atoms with Gasteiger partial charge in [-0.1, -0.05) is 140 Å². The number of benzene rings is 7. The molecule has 0 unspecified atom stereocenters. The number of aromatic nitrogens is 6. The van der Waals surface area contributed by atoms with Crippen molar-refractivity contribution < 1.29 is 0 Å². The lowest BCUT2D eigenvalue weighted by molar-refractivity contribution is 0.937. The summed E-state index contributed by atoms with van der Waals surface area (Å²) in [6, 6.07) is 63.0. The van der Waals surface area contributed by atoms with Crippen LogP contribution in [0, 0.1) is 0 Å². The van der Waals surface area contributed by atoms with Crippen molar-refractivity contribution >= 4 is 27.8 Å². The number of hydrogen-bond acceptors (Lipinski definition) is 4. The van der Waals surface area contributed by atoms with Crippen molar-refractivity contribution in [1.29, 1.82) is 0 Å². The van der Waals surface area contributed by atoms with Gasteiger partial charge in [0.25, 0.3) is 0 Å². The maximum Gasteiger partial charge on any atom is 0.241 e. The lowest BCUT2D eigenvalue weighted by Gasteiger charge is -2.12. The molecule has 52 heavy (non-hydrogen) atoms. The molecule has 0 amide bonds. The van der Waals surface area contributed by atoms with E-state index in [9.17, 15) is 0 Å². The Kier molecular flexibility index (Phi) is 7.03. The molecular weight excluding hydrogens is 637 g/mol. The van der Waals surface area contributed by atoms with Crippen molar-refractivity contribution in [3.63, 3.8) is 0 Å². The van der Waals surface area contributed by atoms with Crippen molar-refractivity contribution in [2.45, 2.75) is 0 Å². The number of para-hydroxylation sites is 2. The van der Waals surface area contributed by atoms with E-state index in [0.717, 1.165) is 50.1 Å². The summed E-state index contributed by atoms with van der Waals surface area (Å²) in [5.41, 5.74) is 12.6. The monoisotopic (exact) mass is 666 g/mol. The SMILES string of the molecule is c1ccc(-c2cc(-c3ccccc3)cc(-c3ccc4c(c3)n3c5ccccc5nc3n4-c3nc(-c4ccccc4)nc(-c4ccccc4)n3)c2)cc1. The number of hydrogen-bond donors (Lipinski definition) is 0. The molecule has 0 N–H and O–H groups in total. The molecule has 0 saturated carbocycles. The van der Waals surface area contributed by atoms with Crippen LogP contribution in [0.1, 0.15) is 0 Å². The molecule has 10 aromatic rings. The molecule has 6 nitrogen and oxygen atoms in total. The molecule has 0 atom stereocenters. The van der Waals surface area contributed by atoms with Gasteiger partial charge in [-0.15, -0.1) is 0 Å². The zero-order valence-electron chi connectivity index (χ0n) is 28.0. The fraction of sp³-hybridized carbons (Fsp3) is 0. The van der Waals surface area contributed by atoms with E-state index in [4.69, 9.17) is 19.9 Å². The fourth-order valence-electron chi connectivity index (χ4n) is 7.06. The third-order valence-corrected chi connectivity index (χ3v) is 9.57. The van der Waals surface area contributed by atoms with Gasteiger partial charge in [-0.05, 0) is 75.8 Å². The predicted octanol–water partition coefficient (Wildman–Crippen LogP) is 11.0. The van der Waals surface area contributed by atoms with Crippen LogP contribution in [-0.4, -0.2) is 28.9 Å². The third-order valence-electron chi connectivity index (χ3n) is 9.57. The highest BCUT2D eigenvalue weighted by Gasteiger charge is 2.22. The van der Waals surface area contributed by atoms with Crippen LogP contribution in [-0.2, 0) is 0 Å². The summed E-state index contributed by atoms with van der Waals surface area (Å²) in [6.07, 6.45) is 0. The largest absolute Gasteiger partial charge is 0.276 e. The number of rotatable bonds is 6. The Labute approximate surface area is 300 Å². The minimum absolute atomic E-state index is 0.508. The first-order valence-corrected chi connectivity index (χ1v) is 17.3. The quantitative estimate of drug-likeness (QED) is 0.177. The average Bonchev–Trinajstić information content (AvgIpc) is 3.76. The van der Waals surface area contributed by atoms with Gasteiger partial charge in [-0.2, -0.15) is 9.97 Å². The van der Waals surface area contributed by atoms with Crippen LogP contribution in [0.4, 0.5) is 0 Å². The van der Waals surface area contributed by atoms with Gasteiger partial charge in [0.15, 0.2) is 11.6 Å². The zero-order valence-corrected chi connectivity index (χ0v) is 28.0. The van der Waals surface area contributed by atoms with Crippen LogP contribution >= 0.6 is 0 Å². The van der Waals surface area contributed by atoms with Gasteiger partial charge >= 0.3 is 0 Å². The Morgan fingerprint density at radius 2 is 0.788 bits per heavy atom. The highest BCUT2D eigenvalue weighted by Crippen LogP contribution is 2.36. The molecule has 244 valence electrons. The van der Waals surface area contributed by atoms with E-state index in [2.05, 4.69) is 124 Å². The Morgan fingerprint density at radius 3 is 1.35 bits per heavy atom. The smallest absolute Gasteiger partial charge is 0.241 e. The Bertz CT molecular complexity index is 2760. The van der Waals surface area contributed by atoms with Crippen molar-refractivity contribution in [2.24, 2.45) is 0 Å². The van der Waals surface area contributed by atoms with Gasteiger partial charge < -0.3 is 0 Å². The normalized spacial score (nSPS) is 11.5. The summed E-state index contributed by atoms with van der Waals surface area (Å²) in [5, 5.41) is 0. The van der Waals surface area contributed by atoms with E-state index in [1.807, 2.05) is 66.7 Å². The van der Waals surface area contributed by atoms with Crippen LogP contribution in [0.3, 0.4) is 0 Å². The van der Waals surface area contributed by atoms with Crippen LogP contribution in [0.5, 0.6) is 0 Å². The van der Waals surface area contributed by atoms with E-state index >= 15 is 0 Å². The Morgan fingerprint density at radius 1 is 0.308 bits per heavy atom. The molecule has 0 aliphatic heterocycles. The molecule has 0 saturated heterocycles. The van der Waals surface area contributed by atoms with E-state index in [1.165, 1.54) is 22.3 Å². The fourth-order valence-corrected chi connectivity index (χ4v) is 7.06. The topological polar surface area (TPSA) is 60.9 Å². The summed E-state index contributed by atoms with van der Waals surface area (Å²) in [4.78, 5) is 20.3. The van der Waals surface area contributed by atoms with Gasteiger partial charge in [0.05, 0.1) is 22.1 Å². The zero-order chi connectivity index (χ0) is 34.4. The first-order chi connectivity index (χ1) is 25.8. The van der Waals surface area contributed by atoms with E-state index in [1.54, 1.807) is 0 Å². The number of fused-ring (bicyclic) bond motifs is 5. The predicted molar refractivity (Wildman–Crippen MR) is 210 cm³/mol. The summed E-state index contributed by atoms with van der Waals surface area (Å²) >= 11 is 0. The van der Waals surface area contributed by atoms with Crippen molar-refractivity contribution in [3.8, 4) is 62.1 Å². The molecule has 10 rings (SSSR count). The molecule has 0 aliphatic rings. The maximum atomic E-state index is 5.17. The summed E-state index contributed by atoms with van der Waals surface area (Å²) in [5.74, 6) is 2.44. The first-order valence-electron chi connectivity index (χ1n) is 17.3. The second-order valence-electron chi connectivity index (χ2n) is 12.8. The van der Waals surface area contributed by atoms with Crippen LogP contribution < -0.4 is 0 Å². The second kappa shape index (κ2) is 12.3. The van der Waals surface area contributed by atoms with E-state index in [0.29, 0.717) is 17.6 Å². The molecule has 0 radical (unpaired) electrons. The van der Waals surface area contributed by atoms with Gasteiger partial charge in [-0.3, -0.25) is 4.40 Å². The first kappa shape index (κ1) is 29.7. The van der Waals surface area contributed by atoms with Crippen LogP contribution in [0.25, 0.3) is 89.9 Å². The molecule has 6 heteroatoms. The summed E-state index contributed by atoms with van der Waals surface area (Å²) < 4.78 is 4.29. The van der Waals surface area contributed by atoms with E-state index < -0.39 is 0 Å². The number of imidazole rings is 2. The summed E-state index contributed by atoms with van der Waals surface area (Å²) in [6.45, 7) is 0. The van der Waals surface area contributed by atoms with Gasteiger partial charge in [0.2, 0.25) is 11.7 Å². The standard InChI is InChI=1S/C46H30N6/c1-5-15-31(16-6-1)36-27-37(32-17-7-2-8-18-32)29-38(28-36)35-25-26-41-42(30-35)51-40-24-14-13-23-39(40)47-46(51)52(41)45-49-43(33-19-9-3-10-20-33)48-44(50-45)34-21-11-4-12-22-34/h1-30H.